The number of amides is 1. The zero-order valence-electron chi connectivity index (χ0n) is 18.7. The Balaban J connectivity index is 1.63. The summed E-state index contributed by atoms with van der Waals surface area (Å²) < 4.78 is 32.6. The van der Waals surface area contributed by atoms with E-state index in [-0.39, 0.29) is 21.1 Å². The number of aryl methyl sites for hydroxylation is 2. The first-order chi connectivity index (χ1) is 16.1. The Morgan fingerprint density at radius 1 is 0.853 bits per heavy atom. The normalized spacial score (nSPS) is 10.8. The molecular weight excluding hydrogens is 474 g/mol. The third-order valence-electron chi connectivity index (χ3n) is 4.95. The molecule has 0 heterocycles. The molecule has 0 aromatic heterocycles. The van der Waals surface area contributed by atoms with E-state index in [1.165, 1.54) is 49.6 Å². The second-order valence-corrected chi connectivity index (χ2v) is 9.50. The summed E-state index contributed by atoms with van der Waals surface area (Å²) in [5.74, 6) is -1.07. The number of esters is 1. The van der Waals surface area contributed by atoms with Gasteiger partial charge in [0.15, 0.2) is 5.11 Å². The first-order valence-corrected chi connectivity index (χ1v) is 12.0. The van der Waals surface area contributed by atoms with E-state index in [0.29, 0.717) is 11.4 Å². The fourth-order valence-corrected chi connectivity index (χ4v) is 4.24. The summed E-state index contributed by atoms with van der Waals surface area (Å²) in [4.78, 5) is 24.2. The summed E-state index contributed by atoms with van der Waals surface area (Å²) in [5, 5.41) is 5.35. The van der Waals surface area contributed by atoms with E-state index < -0.39 is 21.9 Å². The first-order valence-electron chi connectivity index (χ1n) is 10.1. The number of hydrogen-bond donors (Lipinski definition) is 3. The fraction of sp³-hybridized carbons (Fsp3) is 0.125. The summed E-state index contributed by atoms with van der Waals surface area (Å²) in [6.45, 7) is 3.86. The Morgan fingerprint density at radius 3 is 2.15 bits per heavy atom. The van der Waals surface area contributed by atoms with Crippen LogP contribution in [0.3, 0.4) is 0 Å². The Kier molecular flexibility index (Phi) is 7.64. The van der Waals surface area contributed by atoms with Gasteiger partial charge in [0.1, 0.15) is 0 Å². The predicted octanol–water partition coefficient (Wildman–Crippen LogP) is 4.02. The van der Waals surface area contributed by atoms with Crippen LogP contribution >= 0.6 is 12.2 Å². The highest BCUT2D eigenvalue weighted by Gasteiger charge is 2.15. The van der Waals surface area contributed by atoms with E-state index in [2.05, 4.69) is 20.1 Å². The van der Waals surface area contributed by atoms with E-state index in [4.69, 9.17) is 12.2 Å². The van der Waals surface area contributed by atoms with Gasteiger partial charge in [-0.3, -0.25) is 14.8 Å². The van der Waals surface area contributed by atoms with E-state index in [1.54, 1.807) is 18.2 Å². The average molecular weight is 498 g/mol. The number of benzene rings is 3. The average Bonchev–Trinajstić information content (AvgIpc) is 2.81. The van der Waals surface area contributed by atoms with Crippen molar-refractivity contribution in [2.45, 2.75) is 18.7 Å². The number of methoxy groups -OCH3 is 1. The number of thiocarbonyl (C=S) groups is 1. The van der Waals surface area contributed by atoms with Gasteiger partial charge in [-0.05, 0) is 91.8 Å². The van der Waals surface area contributed by atoms with Gasteiger partial charge in [-0.2, -0.15) is 0 Å². The largest absolute Gasteiger partial charge is 0.465 e. The Labute approximate surface area is 203 Å². The summed E-state index contributed by atoms with van der Waals surface area (Å²) in [7, 11) is -2.52. The molecule has 176 valence electrons. The lowest BCUT2D eigenvalue weighted by Crippen LogP contribution is -2.34. The summed E-state index contributed by atoms with van der Waals surface area (Å²) in [6.07, 6.45) is 0. The molecular formula is C24H23N3O5S2. The highest BCUT2D eigenvalue weighted by Crippen LogP contribution is 2.20. The molecule has 0 aliphatic carbocycles. The van der Waals surface area contributed by atoms with Gasteiger partial charge >= 0.3 is 5.97 Å². The number of ether oxygens (including phenoxy) is 1. The highest BCUT2D eigenvalue weighted by atomic mass is 32.2. The molecule has 1 amide bonds. The van der Waals surface area contributed by atoms with Gasteiger partial charge in [-0.25, -0.2) is 13.2 Å². The molecule has 0 aliphatic rings. The highest BCUT2D eigenvalue weighted by molar-refractivity contribution is 7.92. The van der Waals surface area contributed by atoms with Crippen molar-refractivity contribution in [1.29, 1.82) is 0 Å². The molecule has 34 heavy (non-hydrogen) atoms. The van der Waals surface area contributed by atoms with Crippen LogP contribution in [0.5, 0.6) is 0 Å². The number of nitrogens with one attached hydrogen (secondary N) is 3. The molecule has 3 aromatic carbocycles. The molecule has 3 N–H and O–H groups in total. The van der Waals surface area contributed by atoms with Crippen LogP contribution in [-0.4, -0.2) is 32.5 Å². The number of anilines is 2. The standard InChI is InChI=1S/C24H23N3O5S2/c1-15-7-8-20(13-16(15)2)27-34(30,31)21-11-9-19(10-12-21)25-24(33)26-22(28)17-5-4-6-18(14-17)23(29)32-3/h4-14,27H,1-3H3,(H2,25,26,28,33). The summed E-state index contributed by atoms with van der Waals surface area (Å²) in [6, 6.07) is 17.3. The van der Waals surface area contributed by atoms with Crippen LogP contribution in [0.25, 0.3) is 0 Å². The summed E-state index contributed by atoms with van der Waals surface area (Å²) in [5.41, 5.74) is 3.47. The van der Waals surface area contributed by atoms with Crippen molar-refractivity contribution in [3.05, 3.63) is 89.0 Å². The Hall–Kier alpha value is -3.76. The second kappa shape index (κ2) is 10.4. The van der Waals surface area contributed by atoms with Crippen LogP contribution in [0.2, 0.25) is 0 Å². The van der Waals surface area contributed by atoms with E-state index in [9.17, 15) is 18.0 Å². The van der Waals surface area contributed by atoms with Gasteiger partial charge in [0.05, 0.1) is 17.6 Å². The molecule has 0 fully saturated rings. The molecule has 0 saturated carbocycles. The quantitative estimate of drug-likeness (QED) is 0.348. The minimum absolute atomic E-state index is 0.0114. The predicted molar refractivity (Wildman–Crippen MR) is 135 cm³/mol. The number of sulfonamides is 1. The topological polar surface area (TPSA) is 114 Å². The minimum atomic E-state index is -3.77. The summed E-state index contributed by atoms with van der Waals surface area (Å²) >= 11 is 5.17. The number of carbonyl (C=O) groups is 2. The van der Waals surface area contributed by atoms with E-state index in [0.717, 1.165) is 11.1 Å². The van der Waals surface area contributed by atoms with Gasteiger partial charge in [-0.15, -0.1) is 0 Å². The van der Waals surface area contributed by atoms with Crippen molar-refractivity contribution < 1.29 is 22.7 Å². The molecule has 0 atom stereocenters. The van der Waals surface area contributed by atoms with Crippen molar-refractivity contribution in [3.8, 4) is 0 Å². The molecule has 8 nitrogen and oxygen atoms in total. The molecule has 0 saturated heterocycles. The molecule has 0 radical (unpaired) electrons. The van der Waals surface area contributed by atoms with Crippen molar-refractivity contribution in [2.75, 3.05) is 17.1 Å². The van der Waals surface area contributed by atoms with Crippen LogP contribution in [-0.2, 0) is 14.8 Å². The molecule has 0 unspecified atom stereocenters. The SMILES string of the molecule is COC(=O)c1cccc(C(=O)NC(=S)Nc2ccc(S(=O)(=O)Nc3ccc(C)c(C)c3)cc2)c1. The van der Waals surface area contributed by atoms with Crippen molar-refractivity contribution >= 4 is 50.6 Å². The number of hydrogen-bond acceptors (Lipinski definition) is 6. The van der Waals surface area contributed by atoms with Gasteiger partial charge in [0, 0.05) is 16.9 Å². The van der Waals surface area contributed by atoms with E-state index >= 15 is 0 Å². The molecule has 3 rings (SSSR count). The molecule has 0 bridgehead atoms. The number of carbonyl (C=O) groups excluding carboxylic acids is 2. The van der Waals surface area contributed by atoms with Gasteiger partial charge < -0.3 is 10.1 Å². The second-order valence-electron chi connectivity index (χ2n) is 7.41. The van der Waals surface area contributed by atoms with Gasteiger partial charge in [0.25, 0.3) is 15.9 Å². The Morgan fingerprint density at radius 2 is 1.50 bits per heavy atom. The van der Waals surface area contributed by atoms with Crippen molar-refractivity contribution in [1.82, 2.24) is 5.32 Å². The van der Waals surface area contributed by atoms with Gasteiger partial charge in [-0.1, -0.05) is 12.1 Å². The van der Waals surface area contributed by atoms with Crippen LogP contribution < -0.4 is 15.4 Å². The van der Waals surface area contributed by atoms with Crippen molar-refractivity contribution in [3.63, 3.8) is 0 Å². The fourth-order valence-electron chi connectivity index (χ4n) is 2.98. The molecule has 3 aromatic rings. The smallest absolute Gasteiger partial charge is 0.337 e. The lowest BCUT2D eigenvalue weighted by molar-refractivity contribution is 0.0600. The zero-order chi connectivity index (χ0) is 24.9. The van der Waals surface area contributed by atoms with Crippen LogP contribution in [0.4, 0.5) is 11.4 Å². The number of rotatable bonds is 6. The van der Waals surface area contributed by atoms with Crippen LogP contribution in [0, 0.1) is 13.8 Å². The van der Waals surface area contributed by atoms with Crippen LogP contribution in [0.15, 0.2) is 71.6 Å². The minimum Gasteiger partial charge on any atom is -0.465 e. The lowest BCUT2D eigenvalue weighted by Gasteiger charge is -2.12. The third-order valence-corrected chi connectivity index (χ3v) is 6.56. The molecule has 10 heteroatoms. The zero-order valence-corrected chi connectivity index (χ0v) is 20.3. The maximum Gasteiger partial charge on any atom is 0.337 e. The van der Waals surface area contributed by atoms with E-state index in [1.807, 2.05) is 19.9 Å². The third kappa shape index (κ3) is 6.18. The van der Waals surface area contributed by atoms with Crippen LogP contribution in [0.1, 0.15) is 31.8 Å². The monoisotopic (exact) mass is 497 g/mol. The Bertz CT molecular complexity index is 1350. The van der Waals surface area contributed by atoms with Crippen molar-refractivity contribution in [2.24, 2.45) is 0 Å². The maximum atomic E-state index is 12.7. The molecule has 0 aliphatic heterocycles. The first kappa shape index (κ1) is 24.9. The van der Waals surface area contributed by atoms with Gasteiger partial charge in [0.2, 0.25) is 0 Å². The maximum absolute atomic E-state index is 12.7. The lowest BCUT2D eigenvalue weighted by atomic mass is 10.1. The molecule has 0 spiro atoms.